The van der Waals surface area contributed by atoms with Crippen molar-refractivity contribution in [3.05, 3.63) is 0 Å². The third-order valence-corrected chi connectivity index (χ3v) is 7.74. The van der Waals surface area contributed by atoms with Crippen LogP contribution in [-0.4, -0.2) is 55.0 Å². The normalized spacial score (nSPS) is 16.4. The Labute approximate surface area is 160 Å². The van der Waals surface area contributed by atoms with Crippen LogP contribution in [0, 0.1) is 5.92 Å². The minimum absolute atomic E-state index is 0.932. The van der Waals surface area contributed by atoms with Crippen LogP contribution < -0.4 is 0 Å². The minimum atomic E-state index is -8.54. The van der Waals surface area contributed by atoms with Crippen molar-refractivity contribution in [1.82, 2.24) is 0 Å². The Bertz CT molecular complexity index is 602. The Morgan fingerprint density at radius 1 is 0.533 bits per heavy atom. The second-order valence-corrected chi connectivity index (χ2v) is 11.2. The molecule has 30 heavy (non-hydrogen) atoms. The fraction of sp³-hybridized carbons (Fsp3) is 1.00. The van der Waals surface area contributed by atoms with Gasteiger partial charge in [-0.1, -0.05) is 0 Å². The standard InChI is InChI=1S/C12H11AsF17/c1-5(2)3-4-13(29,30)11(24,25)9(20,21)7(16,17)6(14,15)8(18,19)10(22,23)12(26,27)28/h5H,3-4H2,1-2H3/q+1. The van der Waals surface area contributed by atoms with Gasteiger partial charge in [0.05, 0.1) is 0 Å². The van der Waals surface area contributed by atoms with Crippen LogP contribution in [0.3, 0.4) is 0 Å². The average molecular weight is 553 g/mol. The molecule has 0 heterocycles. The molecule has 0 nitrogen and oxygen atoms in total. The molecule has 18 heteroatoms. The van der Waals surface area contributed by atoms with Crippen LogP contribution in [0.5, 0.6) is 0 Å². The van der Waals surface area contributed by atoms with Crippen LogP contribution >= 0.6 is 0 Å². The predicted octanol–water partition coefficient (Wildman–Crippen LogP) is 7.33. The zero-order valence-electron chi connectivity index (χ0n) is 14.4. The molecule has 0 aliphatic carbocycles. The number of rotatable bonds is 9. The van der Waals surface area contributed by atoms with Crippen molar-refractivity contribution in [1.29, 1.82) is 0 Å². The van der Waals surface area contributed by atoms with Crippen LogP contribution in [0.4, 0.5) is 72.8 Å². The topological polar surface area (TPSA) is 0 Å². The van der Waals surface area contributed by atoms with Gasteiger partial charge >= 0.3 is 159 Å². The molecule has 0 saturated carbocycles. The van der Waals surface area contributed by atoms with Gasteiger partial charge in [0.25, 0.3) is 0 Å². The van der Waals surface area contributed by atoms with E-state index >= 15 is 0 Å². The molecule has 0 unspecified atom stereocenters. The molecule has 0 fully saturated rings. The summed E-state index contributed by atoms with van der Waals surface area (Å²) in [4.78, 5) is 0. The van der Waals surface area contributed by atoms with E-state index in [1.54, 1.807) is 0 Å². The van der Waals surface area contributed by atoms with Crippen molar-refractivity contribution in [2.45, 2.75) is 66.0 Å². The third kappa shape index (κ3) is 4.07. The summed E-state index contributed by atoms with van der Waals surface area (Å²) < 4.78 is 214. The molecule has 0 amide bonds. The number of alkyl halides is 15. The quantitative estimate of drug-likeness (QED) is 0.207. The third-order valence-electron chi connectivity index (χ3n) is 3.71. The number of hydrogen-bond acceptors (Lipinski definition) is 0. The van der Waals surface area contributed by atoms with Crippen LogP contribution in [0.2, 0.25) is 5.21 Å². The van der Waals surface area contributed by atoms with Crippen molar-refractivity contribution in [2.75, 3.05) is 0 Å². The van der Waals surface area contributed by atoms with Gasteiger partial charge in [0.1, 0.15) is 0 Å². The van der Waals surface area contributed by atoms with E-state index < -0.39 is 72.5 Å². The summed E-state index contributed by atoms with van der Waals surface area (Å²) >= 11 is -8.42. The van der Waals surface area contributed by atoms with E-state index in [9.17, 15) is 72.8 Å². The van der Waals surface area contributed by atoms with Gasteiger partial charge < -0.3 is 0 Å². The van der Waals surface area contributed by atoms with Gasteiger partial charge in [0.2, 0.25) is 0 Å². The molecule has 0 aromatic carbocycles. The molecule has 0 bridgehead atoms. The second kappa shape index (κ2) is 7.75. The molecule has 0 spiro atoms. The molecule has 0 radical (unpaired) electrons. The first-order valence-electron chi connectivity index (χ1n) is 7.28. The van der Waals surface area contributed by atoms with Gasteiger partial charge in [0, 0.05) is 0 Å². The van der Waals surface area contributed by atoms with E-state index in [2.05, 4.69) is 0 Å². The first-order valence-corrected chi connectivity index (χ1v) is 11.0. The Balaban J connectivity index is 6.55. The maximum absolute atomic E-state index is 13.5. The summed E-state index contributed by atoms with van der Waals surface area (Å²) in [6, 6.07) is 0. The zero-order chi connectivity index (χ0) is 25.0. The van der Waals surface area contributed by atoms with Crippen molar-refractivity contribution in [2.24, 2.45) is 5.92 Å². The first-order chi connectivity index (χ1) is 12.7. The Morgan fingerprint density at radius 3 is 1.13 bits per heavy atom. The molecular weight excluding hydrogens is 542 g/mol. The second-order valence-electron chi connectivity index (χ2n) is 6.45. The Morgan fingerprint density at radius 2 is 0.833 bits per heavy atom. The van der Waals surface area contributed by atoms with Gasteiger partial charge in [-0.3, -0.25) is 0 Å². The van der Waals surface area contributed by atoms with Crippen molar-refractivity contribution < 1.29 is 72.8 Å². The summed E-state index contributed by atoms with van der Waals surface area (Å²) in [7, 11) is 0. The van der Waals surface area contributed by atoms with Crippen LogP contribution in [0.1, 0.15) is 20.3 Å². The predicted molar refractivity (Wildman–Crippen MR) is 68.0 cm³/mol. The van der Waals surface area contributed by atoms with Crippen molar-refractivity contribution in [3.63, 3.8) is 0 Å². The van der Waals surface area contributed by atoms with Gasteiger partial charge in [0.15, 0.2) is 0 Å². The average Bonchev–Trinajstić information content (AvgIpc) is 2.50. The van der Waals surface area contributed by atoms with E-state index in [1.165, 1.54) is 0 Å². The zero-order valence-corrected chi connectivity index (χ0v) is 16.2. The first kappa shape index (κ1) is 29.4. The Hall–Kier alpha value is -0.632. The molecule has 0 atom stereocenters. The Kier molecular flexibility index (Phi) is 7.59. The van der Waals surface area contributed by atoms with E-state index in [-0.39, 0.29) is 0 Å². The van der Waals surface area contributed by atoms with E-state index in [0.29, 0.717) is 0 Å². The number of halogens is 17. The van der Waals surface area contributed by atoms with Gasteiger partial charge in [-0.2, -0.15) is 0 Å². The van der Waals surface area contributed by atoms with Gasteiger partial charge in [-0.15, -0.1) is 0 Å². The molecule has 182 valence electrons. The summed E-state index contributed by atoms with van der Waals surface area (Å²) in [5.41, 5.74) is 0. The summed E-state index contributed by atoms with van der Waals surface area (Å²) in [5, 5.41) is -2.20. The van der Waals surface area contributed by atoms with E-state index in [0.717, 1.165) is 13.8 Å². The van der Waals surface area contributed by atoms with Crippen LogP contribution in [-0.2, 0) is 0 Å². The summed E-state index contributed by atoms with van der Waals surface area (Å²) in [6.07, 6.45) is -8.76. The van der Waals surface area contributed by atoms with Gasteiger partial charge in [-0.05, 0) is 0 Å². The molecule has 0 N–H and O–H groups in total. The molecule has 0 aliphatic heterocycles. The van der Waals surface area contributed by atoms with Crippen LogP contribution in [0.25, 0.3) is 0 Å². The van der Waals surface area contributed by atoms with Crippen LogP contribution in [0.15, 0.2) is 0 Å². The van der Waals surface area contributed by atoms with E-state index in [1.807, 2.05) is 0 Å². The molecular formula is C12H11AsF17+. The summed E-state index contributed by atoms with van der Waals surface area (Å²) in [6.45, 7) is 2.13. The van der Waals surface area contributed by atoms with Crippen molar-refractivity contribution in [3.8, 4) is 0 Å². The summed E-state index contributed by atoms with van der Waals surface area (Å²) in [5.74, 6) is -42.6. The fourth-order valence-electron chi connectivity index (χ4n) is 1.72. The van der Waals surface area contributed by atoms with E-state index in [4.69, 9.17) is 0 Å². The molecule has 0 aromatic rings. The molecule has 0 aliphatic rings. The SMILES string of the molecule is CC(C)CC[As+](F)(F)C(F)(F)C(F)(F)C(F)(F)C(F)(F)C(F)(F)C(F)(F)C(F)(F)F. The molecule has 0 aromatic heterocycles. The fourth-order valence-corrected chi connectivity index (χ4v) is 5.23. The molecule has 0 rings (SSSR count). The van der Waals surface area contributed by atoms with Gasteiger partial charge in [-0.25, -0.2) is 0 Å². The molecule has 0 saturated heterocycles. The number of hydrogen-bond donors (Lipinski definition) is 0. The maximum atomic E-state index is 13.5. The monoisotopic (exact) mass is 553 g/mol. The van der Waals surface area contributed by atoms with Crippen molar-refractivity contribution >= 4 is 14.5 Å².